The lowest BCUT2D eigenvalue weighted by atomic mass is 10.0. The number of halogens is 6. The number of para-hydroxylation sites is 3. The molecule has 5 aromatic heterocycles. The van der Waals surface area contributed by atoms with Crippen LogP contribution in [-0.2, 0) is 6.54 Å². The summed E-state index contributed by atoms with van der Waals surface area (Å²) >= 11 is 21.9. The van der Waals surface area contributed by atoms with Gasteiger partial charge in [-0.2, -0.15) is 0 Å². The molecule has 0 fully saturated rings. The van der Waals surface area contributed by atoms with Gasteiger partial charge in [-0.05, 0) is 108 Å². The summed E-state index contributed by atoms with van der Waals surface area (Å²) in [6.07, 6.45) is 3.75. The molecule has 0 saturated carbocycles. The highest BCUT2D eigenvalue weighted by molar-refractivity contribution is 9.11. The van der Waals surface area contributed by atoms with Crippen LogP contribution in [0.2, 0.25) is 10.3 Å². The molecule has 0 spiro atoms. The Morgan fingerprint density at radius 3 is 2.07 bits per heavy atom. The van der Waals surface area contributed by atoms with Crippen LogP contribution in [0.15, 0.2) is 129 Å². The Kier molecular flexibility index (Phi) is 12.0. The molecule has 4 aromatic carbocycles. The van der Waals surface area contributed by atoms with Gasteiger partial charge in [0.15, 0.2) is 17.8 Å². The highest BCUT2D eigenvalue weighted by Crippen LogP contribution is 2.31. The van der Waals surface area contributed by atoms with Gasteiger partial charge in [0.2, 0.25) is 0 Å². The molecule has 0 aliphatic heterocycles. The van der Waals surface area contributed by atoms with Crippen LogP contribution in [0.25, 0.3) is 55.1 Å². The lowest BCUT2D eigenvalue weighted by Gasteiger charge is -2.13. The number of aromatic amines is 1. The molecule has 0 unspecified atom stereocenters. The third-order valence-electron chi connectivity index (χ3n) is 8.18. The number of pyridine rings is 3. The van der Waals surface area contributed by atoms with E-state index < -0.39 is 0 Å². The van der Waals surface area contributed by atoms with E-state index in [9.17, 15) is 9.18 Å². The predicted octanol–water partition coefficient (Wildman–Crippen LogP) is 12.2. The fourth-order valence-corrected chi connectivity index (χ4v) is 7.37. The molecule has 9 nitrogen and oxygen atoms in total. The number of benzene rings is 4. The van der Waals surface area contributed by atoms with Crippen molar-refractivity contribution in [2.24, 2.45) is 0 Å². The van der Waals surface area contributed by atoms with E-state index in [4.69, 9.17) is 28.2 Å². The van der Waals surface area contributed by atoms with Crippen LogP contribution in [0.5, 0.6) is 0 Å². The molecule has 9 aromatic rings. The lowest BCUT2D eigenvalue weighted by molar-refractivity contribution is 0.112. The third kappa shape index (κ3) is 8.82. The summed E-state index contributed by atoms with van der Waals surface area (Å²) < 4.78 is 16.6. The number of hydrogen-bond donors (Lipinski definition) is 2. The number of imidazole rings is 1. The minimum atomic E-state index is -0.301. The Hall–Kier alpha value is -4.92. The zero-order valence-corrected chi connectivity index (χ0v) is 34.4. The molecule has 0 radical (unpaired) electrons. The van der Waals surface area contributed by atoms with E-state index in [1.54, 1.807) is 24.5 Å². The van der Waals surface area contributed by atoms with Crippen molar-refractivity contribution in [2.45, 2.75) is 6.54 Å². The van der Waals surface area contributed by atoms with Crippen molar-refractivity contribution >= 4 is 127 Å². The first-order valence-corrected chi connectivity index (χ1v) is 19.4. The van der Waals surface area contributed by atoms with Gasteiger partial charge in [-0.3, -0.25) is 4.79 Å². The zero-order chi connectivity index (χ0) is 38.5. The molecule has 55 heavy (non-hydrogen) atoms. The van der Waals surface area contributed by atoms with Crippen LogP contribution >= 0.6 is 71.0 Å². The second kappa shape index (κ2) is 17.3. The van der Waals surface area contributed by atoms with E-state index in [0.29, 0.717) is 46.3 Å². The molecular formula is C40H24Br3Cl2FN8O. The monoisotopic (exact) mass is 958 g/mol. The Bertz CT molecular complexity index is 2860. The van der Waals surface area contributed by atoms with Gasteiger partial charge >= 0.3 is 0 Å². The van der Waals surface area contributed by atoms with E-state index in [1.807, 2.05) is 66.7 Å². The summed E-state index contributed by atoms with van der Waals surface area (Å²) in [5.41, 5.74) is 6.59. The molecule has 0 aliphatic carbocycles. The average Bonchev–Trinajstić information content (AvgIpc) is 3.68. The Morgan fingerprint density at radius 1 is 0.709 bits per heavy atom. The Labute approximate surface area is 348 Å². The third-order valence-corrected chi connectivity index (χ3v) is 10.6. The largest absolute Gasteiger partial charge is 0.364 e. The second-order valence-electron chi connectivity index (χ2n) is 11.7. The average molecular weight is 962 g/mol. The number of hydrogen-bond acceptors (Lipinski definition) is 8. The summed E-state index contributed by atoms with van der Waals surface area (Å²) in [4.78, 5) is 39.4. The Balaban J connectivity index is 0.000000148. The van der Waals surface area contributed by atoms with Crippen molar-refractivity contribution in [1.82, 2.24) is 34.9 Å². The highest BCUT2D eigenvalue weighted by atomic mass is 79.9. The fraction of sp³-hybridized carbons (Fsp3) is 0.0250. The molecule has 0 atom stereocenters. The first-order valence-electron chi connectivity index (χ1n) is 16.3. The number of nitrogens with zero attached hydrogens (tertiary/aromatic N) is 6. The number of nitrogens with one attached hydrogen (secondary N) is 2. The summed E-state index contributed by atoms with van der Waals surface area (Å²) in [5.74, 6) is 0.345. The molecule has 0 aliphatic rings. The second-order valence-corrected chi connectivity index (χ2v) is 15.0. The van der Waals surface area contributed by atoms with Gasteiger partial charge in [0.1, 0.15) is 28.0 Å². The number of carbonyl (C=O) groups is 1. The van der Waals surface area contributed by atoms with Gasteiger partial charge in [-0.1, -0.05) is 71.7 Å². The molecule has 0 bridgehead atoms. The first-order chi connectivity index (χ1) is 26.7. The van der Waals surface area contributed by atoms with Crippen molar-refractivity contribution < 1.29 is 9.18 Å². The SMILES string of the molecule is Clc1ccc2cccc(Br)c2n1.Fc1cccc(-c2nc3c(Br)cccc3cc2CNc2ncnc3nc[nH]c23)c1.O=Cc1cc2cccc(Br)c2nc1Cl. The van der Waals surface area contributed by atoms with E-state index in [-0.39, 0.29) is 11.0 Å². The number of anilines is 1. The molecule has 2 N–H and O–H groups in total. The smallest absolute Gasteiger partial charge is 0.182 e. The maximum atomic E-state index is 13.9. The maximum Gasteiger partial charge on any atom is 0.182 e. The summed E-state index contributed by atoms with van der Waals surface area (Å²) in [6.45, 7) is 0.451. The quantitative estimate of drug-likeness (QED) is 0.129. The summed E-state index contributed by atoms with van der Waals surface area (Å²) in [6, 6.07) is 31.5. The van der Waals surface area contributed by atoms with Crippen LogP contribution in [0.3, 0.4) is 0 Å². The van der Waals surface area contributed by atoms with Gasteiger partial charge in [0, 0.05) is 41.7 Å². The van der Waals surface area contributed by atoms with Crippen molar-refractivity contribution in [1.29, 1.82) is 0 Å². The van der Waals surface area contributed by atoms with E-state index in [1.165, 1.54) is 18.5 Å². The minimum absolute atomic E-state index is 0.236. The first kappa shape index (κ1) is 38.4. The van der Waals surface area contributed by atoms with Crippen molar-refractivity contribution in [3.63, 3.8) is 0 Å². The minimum Gasteiger partial charge on any atom is -0.364 e. The molecule has 15 heteroatoms. The summed E-state index contributed by atoms with van der Waals surface area (Å²) in [5, 5.41) is 7.06. The molecule has 5 heterocycles. The van der Waals surface area contributed by atoms with Gasteiger partial charge < -0.3 is 10.3 Å². The molecular weight excluding hydrogens is 938 g/mol. The number of rotatable bonds is 5. The number of aromatic nitrogens is 7. The van der Waals surface area contributed by atoms with Crippen molar-refractivity contribution in [3.05, 3.63) is 156 Å². The van der Waals surface area contributed by atoms with Crippen LogP contribution in [0, 0.1) is 5.82 Å². The Morgan fingerprint density at radius 2 is 1.36 bits per heavy atom. The highest BCUT2D eigenvalue weighted by Gasteiger charge is 2.14. The van der Waals surface area contributed by atoms with Gasteiger partial charge in [0.25, 0.3) is 0 Å². The van der Waals surface area contributed by atoms with Crippen molar-refractivity contribution in [3.8, 4) is 11.3 Å². The van der Waals surface area contributed by atoms with Crippen LogP contribution in [-0.4, -0.2) is 41.2 Å². The van der Waals surface area contributed by atoms with Crippen LogP contribution in [0.4, 0.5) is 10.2 Å². The van der Waals surface area contributed by atoms with Crippen molar-refractivity contribution in [2.75, 3.05) is 5.32 Å². The van der Waals surface area contributed by atoms with Crippen LogP contribution < -0.4 is 5.32 Å². The normalized spacial score (nSPS) is 10.9. The predicted molar refractivity (Wildman–Crippen MR) is 228 cm³/mol. The van der Waals surface area contributed by atoms with E-state index in [0.717, 1.165) is 57.2 Å². The van der Waals surface area contributed by atoms with E-state index >= 15 is 0 Å². The molecule has 0 amide bonds. The fourth-order valence-electron chi connectivity index (χ4n) is 5.63. The lowest BCUT2D eigenvalue weighted by Crippen LogP contribution is -2.05. The maximum absolute atomic E-state index is 13.9. The molecule has 272 valence electrons. The van der Waals surface area contributed by atoms with E-state index in [2.05, 4.69) is 89.1 Å². The number of H-pyrrole nitrogens is 1. The molecule has 0 saturated heterocycles. The van der Waals surface area contributed by atoms with Gasteiger partial charge in [-0.25, -0.2) is 34.3 Å². The zero-order valence-electron chi connectivity index (χ0n) is 28.1. The summed E-state index contributed by atoms with van der Waals surface area (Å²) in [7, 11) is 0. The number of aldehydes is 1. The number of carbonyl (C=O) groups excluding carboxylic acids is 1. The van der Waals surface area contributed by atoms with Crippen LogP contribution in [0.1, 0.15) is 15.9 Å². The van der Waals surface area contributed by atoms with Gasteiger partial charge in [0.05, 0.1) is 34.1 Å². The molecule has 9 rings (SSSR count). The topological polar surface area (TPSA) is 122 Å². The standard InChI is InChI=1S/C21H14BrFN6.C10H5BrClNO.C9H5BrClN/c22-16-6-2-4-12-7-14(9-24-20-19-21(26-10-25-19)28-11-27-20)17(29-18(12)16)13-3-1-5-15(23)8-13;11-8-3-1-2-6-4-7(5-14)10(12)13-9(6)8;10-7-3-1-2-6-4-5-8(11)12-9(6)7/h1-8,10-11H,9H2,(H2,24,25,26,27,28);1-5H;1-5H. The number of fused-ring (bicyclic) bond motifs is 4. The van der Waals surface area contributed by atoms with Gasteiger partial charge in [-0.15, -0.1) is 0 Å².